The van der Waals surface area contributed by atoms with Crippen molar-refractivity contribution < 1.29 is 9.53 Å². The number of ether oxygens (including phenoxy) is 1. The Morgan fingerprint density at radius 1 is 1.28 bits per heavy atom. The van der Waals surface area contributed by atoms with Gasteiger partial charge in [0, 0.05) is 17.4 Å². The molecule has 1 aromatic carbocycles. The first-order valence-corrected chi connectivity index (χ1v) is 6.58. The second-order valence-electron chi connectivity index (χ2n) is 3.34. The fraction of sp³-hybridized carbons (Fsp3) is 0.364. The summed E-state index contributed by atoms with van der Waals surface area (Å²) in [6, 6.07) is 4.55. The smallest absolute Gasteiger partial charge is 0.317 e. The van der Waals surface area contributed by atoms with Crippen LogP contribution >= 0.6 is 34.8 Å². The molecule has 100 valence electrons. The number of hydrogen-bond acceptors (Lipinski definition) is 2. The molecular weight excluding hydrogens is 298 g/mol. The molecule has 0 saturated heterocycles. The minimum Gasteiger partial charge on any atom is -0.472 e. The summed E-state index contributed by atoms with van der Waals surface area (Å²) in [4.78, 5) is 11.2. The third kappa shape index (κ3) is 5.67. The fourth-order valence-electron chi connectivity index (χ4n) is 1.10. The maximum atomic E-state index is 11.2. The third-order valence-corrected chi connectivity index (χ3v) is 2.75. The van der Waals surface area contributed by atoms with Gasteiger partial charge in [0.1, 0.15) is 5.75 Å². The van der Waals surface area contributed by atoms with Gasteiger partial charge in [0.25, 0.3) is 0 Å². The molecule has 0 aromatic heterocycles. The van der Waals surface area contributed by atoms with Crippen LogP contribution in [0.25, 0.3) is 0 Å². The molecule has 0 spiro atoms. The molecule has 0 aliphatic carbocycles. The lowest BCUT2D eigenvalue weighted by molar-refractivity contribution is 0.224. The first-order valence-electron chi connectivity index (χ1n) is 5.29. The van der Waals surface area contributed by atoms with Crippen LogP contribution < -0.4 is 15.4 Å². The number of carbonyl (C=O) groups is 1. The fourth-order valence-corrected chi connectivity index (χ4v) is 1.70. The molecule has 0 radical (unpaired) electrons. The third-order valence-electron chi connectivity index (χ3n) is 1.95. The van der Waals surface area contributed by atoms with Gasteiger partial charge in [-0.1, -0.05) is 23.2 Å². The van der Waals surface area contributed by atoms with Crippen molar-refractivity contribution in [3.8, 4) is 5.75 Å². The zero-order chi connectivity index (χ0) is 13.4. The molecule has 7 heteroatoms. The lowest BCUT2D eigenvalue weighted by Gasteiger charge is -2.10. The molecule has 1 aromatic rings. The molecular formula is C11H13Cl3N2O2. The molecule has 4 nitrogen and oxygen atoms in total. The van der Waals surface area contributed by atoms with E-state index >= 15 is 0 Å². The van der Waals surface area contributed by atoms with Crippen LogP contribution in [0.3, 0.4) is 0 Å². The standard InChI is InChI=1S/C11H13Cl3N2O2/c12-4-1-5-15-11(17)16-7-18-10-3-2-8(13)6-9(10)14/h2-3,6H,1,4-5,7H2,(H2,15,16,17). The second kappa shape index (κ2) is 8.29. The van der Waals surface area contributed by atoms with E-state index in [9.17, 15) is 4.79 Å². The summed E-state index contributed by atoms with van der Waals surface area (Å²) in [5.41, 5.74) is 0. The van der Waals surface area contributed by atoms with Gasteiger partial charge < -0.3 is 15.4 Å². The van der Waals surface area contributed by atoms with E-state index in [1.54, 1.807) is 18.2 Å². The number of alkyl halides is 1. The van der Waals surface area contributed by atoms with E-state index in [1.807, 2.05) is 0 Å². The average Bonchev–Trinajstić information content (AvgIpc) is 2.32. The SMILES string of the molecule is O=C(NCCCCl)NCOc1ccc(Cl)cc1Cl. The molecule has 18 heavy (non-hydrogen) atoms. The van der Waals surface area contributed by atoms with Crippen molar-refractivity contribution >= 4 is 40.8 Å². The van der Waals surface area contributed by atoms with E-state index in [2.05, 4.69) is 10.6 Å². The number of halogens is 3. The Morgan fingerprint density at radius 2 is 2.06 bits per heavy atom. The molecule has 2 amide bonds. The highest BCUT2D eigenvalue weighted by molar-refractivity contribution is 6.35. The molecule has 0 aliphatic rings. The van der Waals surface area contributed by atoms with Crippen LogP contribution in [0.1, 0.15) is 6.42 Å². The highest BCUT2D eigenvalue weighted by Crippen LogP contribution is 2.27. The van der Waals surface area contributed by atoms with E-state index in [0.29, 0.717) is 28.2 Å². The Balaban J connectivity index is 2.26. The predicted molar refractivity (Wildman–Crippen MR) is 73.8 cm³/mol. The zero-order valence-corrected chi connectivity index (χ0v) is 11.8. The van der Waals surface area contributed by atoms with Crippen molar-refractivity contribution in [2.75, 3.05) is 19.2 Å². The average molecular weight is 312 g/mol. The zero-order valence-electron chi connectivity index (χ0n) is 9.51. The lowest BCUT2D eigenvalue weighted by atomic mass is 10.3. The number of carbonyl (C=O) groups excluding carboxylic acids is 1. The maximum absolute atomic E-state index is 11.2. The van der Waals surface area contributed by atoms with Crippen LogP contribution in [0.2, 0.25) is 10.0 Å². The van der Waals surface area contributed by atoms with Gasteiger partial charge in [-0.2, -0.15) is 0 Å². The number of rotatable bonds is 6. The Morgan fingerprint density at radius 3 is 2.72 bits per heavy atom. The molecule has 0 aliphatic heterocycles. The molecule has 0 saturated carbocycles. The van der Waals surface area contributed by atoms with Gasteiger partial charge in [0.15, 0.2) is 6.73 Å². The first kappa shape index (κ1) is 15.2. The second-order valence-corrected chi connectivity index (χ2v) is 4.56. The Bertz CT molecular complexity index is 402. The van der Waals surface area contributed by atoms with Gasteiger partial charge in [-0.25, -0.2) is 4.79 Å². The number of nitrogens with one attached hydrogen (secondary N) is 2. The van der Waals surface area contributed by atoms with Crippen LogP contribution in [0.5, 0.6) is 5.75 Å². The van der Waals surface area contributed by atoms with Gasteiger partial charge in [-0.3, -0.25) is 0 Å². The van der Waals surface area contributed by atoms with E-state index in [1.165, 1.54) is 0 Å². The van der Waals surface area contributed by atoms with Crippen LogP contribution in [0.15, 0.2) is 18.2 Å². The van der Waals surface area contributed by atoms with Gasteiger partial charge in [-0.15, -0.1) is 11.6 Å². The Labute approximate surface area is 121 Å². The van der Waals surface area contributed by atoms with Gasteiger partial charge in [0.05, 0.1) is 5.02 Å². The van der Waals surface area contributed by atoms with E-state index < -0.39 is 0 Å². The quantitative estimate of drug-likeness (QED) is 0.481. The summed E-state index contributed by atoms with van der Waals surface area (Å²) < 4.78 is 5.28. The van der Waals surface area contributed by atoms with Crippen molar-refractivity contribution in [2.45, 2.75) is 6.42 Å². The number of benzene rings is 1. The summed E-state index contributed by atoms with van der Waals surface area (Å²) in [7, 11) is 0. The number of hydrogen-bond donors (Lipinski definition) is 2. The highest BCUT2D eigenvalue weighted by atomic mass is 35.5. The predicted octanol–water partition coefficient (Wildman–Crippen LogP) is 3.26. The minimum absolute atomic E-state index is 0.0219. The Hall–Kier alpha value is -0.840. The first-order chi connectivity index (χ1) is 8.63. The molecule has 0 heterocycles. The molecule has 0 fully saturated rings. The normalized spacial score (nSPS) is 9.94. The maximum Gasteiger partial charge on any atom is 0.317 e. The molecule has 0 atom stereocenters. The minimum atomic E-state index is -0.315. The summed E-state index contributed by atoms with van der Waals surface area (Å²) in [5.74, 6) is 0.971. The van der Waals surface area contributed by atoms with Crippen molar-refractivity contribution in [3.63, 3.8) is 0 Å². The van der Waals surface area contributed by atoms with Crippen molar-refractivity contribution in [2.24, 2.45) is 0 Å². The van der Waals surface area contributed by atoms with E-state index in [4.69, 9.17) is 39.5 Å². The van der Waals surface area contributed by atoms with Crippen molar-refractivity contribution in [1.29, 1.82) is 0 Å². The summed E-state index contributed by atoms with van der Waals surface area (Å²) in [6.07, 6.45) is 0.721. The van der Waals surface area contributed by atoms with Crippen molar-refractivity contribution in [3.05, 3.63) is 28.2 Å². The molecule has 2 N–H and O–H groups in total. The van der Waals surface area contributed by atoms with E-state index in [0.717, 1.165) is 6.42 Å². The topological polar surface area (TPSA) is 50.4 Å². The van der Waals surface area contributed by atoms with Gasteiger partial charge in [0.2, 0.25) is 0 Å². The van der Waals surface area contributed by atoms with Crippen LogP contribution in [0.4, 0.5) is 4.79 Å². The summed E-state index contributed by atoms with van der Waals surface area (Å²) in [6.45, 7) is 0.547. The van der Waals surface area contributed by atoms with Gasteiger partial charge in [-0.05, 0) is 24.6 Å². The van der Waals surface area contributed by atoms with Crippen LogP contribution in [-0.4, -0.2) is 25.2 Å². The lowest BCUT2D eigenvalue weighted by Crippen LogP contribution is -2.38. The largest absolute Gasteiger partial charge is 0.472 e. The number of urea groups is 1. The molecule has 1 rings (SSSR count). The number of amides is 2. The summed E-state index contributed by atoms with van der Waals surface area (Å²) in [5, 5.41) is 6.07. The van der Waals surface area contributed by atoms with Gasteiger partial charge >= 0.3 is 6.03 Å². The Kier molecular flexibility index (Phi) is 7.01. The van der Waals surface area contributed by atoms with Crippen LogP contribution in [0, 0.1) is 0 Å². The molecule has 0 unspecified atom stereocenters. The van der Waals surface area contributed by atoms with E-state index in [-0.39, 0.29) is 12.8 Å². The molecule has 0 bridgehead atoms. The van der Waals surface area contributed by atoms with Crippen LogP contribution in [-0.2, 0) is 0 Å². The highest BCUT2D eigenvalue weighted by Gasteiger charge is 2.03. The van der Waals surface area contributed by atoms with Crippen molar-refractivity contribution in [1.82, 2.24) is 10.6 Å². The summed E-state index contributed by atoms with van der Waals surface area (Å²) >= 11 is 17.1. The monoisotopic (exact) mass is 310 g/mol.